The maximum absolute atomic E-state index is 13.3. The topological polar surface area (TPSA) is 99.5 Å². The Hall–Kier alpha value is -3.62. The number of aliphatic hydroxyl groups excluding tert-OH is 2. The Kier molecular flexibility index (Phi) is 5.85. The number of hydrogen-bond donors (Lipinski definition) is 2. The third-order valence-corrected chi connectivity index (χ3v) is 9.29. The van der Waals surface area contributed by atoms with E-state index in [1.807, 2.05) is 60.7 Å². The standard InChI is InChI=1S/C30H32N2O6/c1-3-29-18-31(27(35)37-2)25-20(16-33)21(29)13-14-30(26(25)29)15-24(34)32(23-12-8-7-11-22(23)30)28(36)38-17-19-9-5-4-6-10-19/h3-14,20-21,24-26,33-34H,1,15-18H2,2H3/t20-,21+,24+,25+,26-,29-,30+/m0/s1. The number of benzene rings is 2. The number of para-hydroxylation sites is 1. The van der Waals surface area contributed by atoms with E-state index in [0.717, 1.165) is 11.1 Å². The van der Waals surface area contributed by atoms with Crippen LogP contribution >= 0.6 is 0 Å². The van der Waals surface area contributed by atoms with E-state index in [0.29, 0.717) is 12.2 Å². The van der Waals surface area contributed by atoms with Crippen molar-refractivity contribution in [2.45, 2.75) is 30.7 Å². The van der Waals surface area contributed by atoms with Crippen molar-refractivity contribution in [3.8, 4) is 0 Å². The van der Waals surface area contributed by atoms with E-state index < -0.39 is 29.2 Å². The zero-order valence-corrected chi connectivity index (χ0v) is 21.3. The van der Waals surface area contributed by atoms with Gasteiger partial charge in [0.1, 0.15) is 12.8 Å². The molecule has 2 amide bonds. The van der Waals surface area contributed by atoms with Gasteiger partial charge in [-0.3, -0.25) is 4.90 Å². The van der Waals surface area contributed by atoms with Gasteiger partial charge in [-0.05, 0) is 23.1 Å². The molecule has 198 valence electrons. The first kappa shape index (κ1) is 24.7. The largest absolute Gasteiger partial charge is 0.453 e. The number of hydrogen-bond acceptors (Lipinski definition) is 6. The zero-order chi connectivity index (χ0) is 26.7. The predicted octanol–water partition coefficient (Wildman–Crippen LogP) is 3.84. The number of carbonyl (C=O) groups excluding carboxylic acids is 2. The quantitative estimate of drug-likeness (QED) is 0.600. The average molecular weight is 517 g/mol. The van der Waals surface area contributed by atoms with Crippen molar-refractivity contribution in [2.75, 3.05) is 25.2 Å². The minimum atomic E-state index is -1.16. The van der Waals surface area contributed by atoms with Crippen LogP contribution in [0.1, 0.15) is 17.5 Å². The molecule has 2 N–H and O–H groups in total. The second-order valence-electron chi connectivity index (χ2n) is 10.8. The van der Waals surface area contributed by atoms with Crippen molar-refractivity contribution >= 4 is 17.9 Å². The number of anilines is 1. The first-order valence-electron chi connectivity index (χ1n) is 13.0. The van der Waals surface area contributed by atoms with Crippen molar-refractivity contribution in [3.63, 3.8) is 0 Å². The Labute approximate surface area is 221 Å². The summed E-state index contributed by atoms with van der Waals surface area (Å²) in [5.41, 5.74) is 1.09. The maximum Gasteiger partial charge on any atom is 0.416 e. The summed E-state index contributed by atoms with van der Waals surface area (Å²) in [6.07, 6.45) is 4.18. The predicted molar refractivity (Wildman–Crippen MR) is 140 cm³/mol. The molecule has 2 aromatic rings. The average Bonchev–Trinajstić information content (AvgIpc) is 3.40. The monoisotopic (exact) mass is 516 g/mol. The van der Waals surface area contributed by atoms with Gasteiger partial charge < -0.3 is 24.6 Å². The Morgan fingerprint density at radius 3 is 2.58 bits per heavy atom. The Morgan fingerprint density at radius 2 is 1.87 bits per heavy atom. The van der Waals surface area contributed by atoms with Crippen LogP contribution < -0.4 is 4.90 Å². The van der Waals surface area contributed by atoms with Gasteiger partial charge in [-0.25, -0.2) is 9.59 Å². The molecule has 2 fully saturated rings. The van der Waals surface area contributed by atoms with Crippen LogP contribution in [0.5, 0.6) is 0 Å². The second kappa shape index (κ2) is 8.99. The summed E-state index contributed by atoms with van der Waals surface area (Å²) in [5.74, 6) is -0.360. The van der Waals surface area contributed by atoms with Crippen LogP contribution in [0.4, 0.5) is 15.3 Å². The van der Waals surface area contributed by atoms with Crippen molar-refractivity contribution in [1.82, 2.24) is 4.90 Å². The molecule has 8 nitrogen and oxygen atoms in total. The van der Waals surface area contributed by atoms with Gasteiger partial charge in [-0.1, -0.05) is 66.8 Å². The maximum atomic E-state index is 13.3. The zero-order valence-electron chi connectivity index (χ0n) is 21.3. The van der Waals surface area contributed by atoms with Crippen LogP contribution in [-0.2, 0) is 21.5 Å². The SMILES string of the molecule is C=C[C@]12CN(C(=O)OC)[C@@H]3[C@@H](CO)[C@H]1C=C[C@]1(C[C@@H](O)N(C(=O)OCc4ccccc4)c4ccccc41)[C@@H]32. The van der Waals surface area contributed by atoms with Gasteiger partial charge in [0.15, 0.2) is 0 Å². The van der Waals surface area contributed by atoms with Gasteiger partial charge in [0.05, 0.1) is 12.8 Å². The molecule has 1 spiro atoms. The van der Waals surface area contributed by atoms with Crippen LogP contribution in [0.25, 0.3) is 0 Å². The van der Waals surface area contributed by atoms with Crippen LogP contribution in [0.2, 0.25) is 0 Å². The molecule has 0 aromatic heterocycles. The minimum absolute atomic E-state index is 0.00436. The van der Waals surface area contributed by atoms with E-state index >= 15 is 0 Å². The highest BCUT2D eigenvalue weighted by Crippen LogP contribution is 2.70. The molecule has 2 aromatic carbocycles. The molecule has 1 saturated carbocycles. The number of methoxy groups -OCH3 is 1. The first-order valence-corrected chi connectivity index (χ1v) is 13.0. The number of piperidine rings is 1. The summed E-state index contributed by atoms with van der Waals surface area (Å²) < 4.78 is 10.7. The summed E-state index contributed by atoms with van der Waals surface area (Å²) in [6, 6.07) is 16.6. The van der Waals surface area contributed by atoms with Gasteiger partial charge in [-0.15, -0.1) is 6.58 Å². The second-order valence-corrected chi connectivity index (χ2v) is 10.8. The summed E-state index contributed by atoms with van der Waals surface area (Å²) in [7, 11) is 1.36. The Bertz CT molecular complexity index is 1300. The van der Waals surface area contributed by atoms with Crippen molar-refractivity contribution in [2.24, 2.45) is 23.2 Å². The molecular weight excluding hydrogens is 484 g/mol. The van der Waals surface area contributed by atoms with Gasteiger partial charge in [0.25, 0.3) is 0 Å². The number of fused-ring (bicyclic) bond motifs is 2. The lowest BCUT2D eigenvalue weighted by Crippen LogP contribution is -2.55. The molecule has 4 bridgehead atoms. The molecule has 7 atom stereocenters. The Morgan fingerprint density at radius 1 is 1.13 bits per heavy atom. The molecule has 4 aliphatic rings. The number of rotatable bonds is 4. The van der Waals surface area contributed by atoms with Gasteiger partial charge >= 0.3 is 12.2 Å². The van der Waals surface area contributed by atoms with Crippen LogP contribution in [0.15, 0.2) is 79.4 Å². The van der Waals surface area contributed by atoms with Crippen LogP contribution in [0, 0.1) is 23.2 Å². The highest BCUT2D eigenvalue weighted by atomic mass is 16.6. The van der Waals surface area contributed by atoms with Crippen molar-refractivity contribution < 1.29 is 29.3 Å². The molecule has 8 heteroatoms. The summed E-state index contributed by atoms with van der Waals surface area (Å²) in [6.45, 7) is 4.62. The number of amides is 2. The lowest BCUT2D eigenvalue weighted by atomic mass is 9.54. The molecule has 1 saturated heterocycles. The molecular formula is C30H32N2O6. The van der Waals surface area contributed by atoms with E-state index in [4.69, 9.17) is 9.47 Å². The fourth-order valence-electron chi connectivity index (χ4n) is 7.94. The molecule has 2 aliphatic heterocycles. The number of aliphatic hydroxyl groups is 2. The van der Waals surface area contributed by atoms with E-state index in [1.54, 1.807) is 4.90 Å². The van der Waals surface area contributed by atoms with Gasteiger partial charge in [-0.2, -0.15) is 0 Å². The van der Waals surface area contributed by atoms with Crippen LogP contribution in [0.3, 0.4) is 0 Å². The third kappa shape index (κ3) is 3.23. The lowest BCUT2D eigenvalue weighted by Gasteiger charge is -2.52. The molecule has 38 heavy (non-hydrogen) atoms. The number of likely N-dealkylation sites (tertiary alicyclic amines) is 1. The molecule has 0 radical (unpaired) electrons. The molecule has 2 aliphatic carbocycles. The molecule has 2 heterocycles. The number of carbonyl (C=O) groups is 2. The first-order chi connectivity index (χ1) is 18.4. The number of nitrogens with zero attached hydrogens (tertiary/aromatic N) is 2. The van der Waals surface area contributed by atoms with Crippen LogP contribution in [-0.4, -0.2) is 59.8 Å². The lowest BCUT2D eigenvalue weighted by molar-refractivity contribution is 0.0520. The summed E-state index contributed by atoms with van der Waals surface area (Å²) in [5, 5.41) is 22.0. The summed E-state index contributed by atoms with van der Waals surface area (Å²) in [4.78, 5) is 29.2. The third-order valence-electron chi connectivity index (χ3n) is 9.29. The number of allylic oxidation sites excluding steroid dienone is 2. The van der Waals surface area contributed by atoms with Crippen molar-refractivity contribution in [1.29, 1.82) is 0 Å². The Balaban J connectivity index is 1.42. The smallest absolute Gasteiger partial charge is 0.416 e. The highest BCUT2D eigenvalue weighted by Gasteiger charge is 2.73. The molecule has 0 unspecified atom stereocenters. The normalized spacial score (nSPS) is 34.2. The summed E-state index contributed by atoms with van der Waals surface area (Å²) >= 11 is 0. The molecule has 6 rings (SSSR count). The van der Waals surface area contributed by atoms with Gasteiger partial charge in [0, 0.05) is 48.3 Å². The fourth-order valence-corrected chi connectivity index (χ4v) is 7.94. The van der Waals surface area contributed by atoms with E-state index in [-0.39, 0.29) is 43.4 Å². The van der Waals surface area contributed by atoms with E-state index in [1.165, 1.54) is 12.0 Å². The highest BCUT2D eigenvalue weighted by molar-refractivity contribution is 5.90. The minimum Gasteiger partial charge on any atom is -0.453 e. The van der Waals surface area contributed by atoms with Crippen molar-refractivity contribution in [3.05, 3.63) is 90.5 Å². The van der Waals surface area contributed by atoms with E-state index in [9.17, 15) is 19.8 Å². The van der Waals surface area contributed by atoms with E-state index in [2.05, 4.69) is 18.7 Å². The van der Waals surface area contributed by atoms with Gasteiger partial charge in [0.2, 0.25) is 0 Å². The number of ether oxygens (including phenoxy) is 2. The fraction of sp³-hybridized carbons (Fsp3) is 0.400.